The molecule has 6 nitrogen and oxygen atoms in total. The molecule has 2 atom stereocenters. The summed E-state index contributed by atoms with van der Waals surface area (Å²) in [7, 11) is -3.33. The molecule has 190 valence electrons. The van der Waals surface area contributed by atoms with Crippen molar-refractivity contribution in [2.75, 3.05) is 24.3 Å². The highest BCUT2D eigenvalue weighted by atomic mass is 32.2. The molecule has 1 aliphatic carbocycles. The third-order valence-electron chi connectivity index (χ3n) is 7.52. The third-order valence-corrected chi connectivity index (χ3v) is 8.25. The van der Waals surface area contributed by atoms with Crippen molar-refractivity contribution in [3.63, 3.8) is 0 Å². The van der Waals surface area contributed by atoms with E-state index in [9.17, 15) is 8.42 Å². The molecule has 0 bridgehead atoms. The minimum atomic E-state index is -3.33. The summed E-state index contributed by atoms with van der Waals surface area (Å²) < 4.78 is 33.5. The molecule has 5 rings (SSSR count). The Morgan fingerprint density at radius 2 is 1.61 bits per heavy atom. The molecule has 1 aliphatic heterocycles. The van der Waals surface area contributed by atoms with Gasteiger partial charge in [-0.05, 0) is 55.2 Å². The first-order valence-electron chi connectivity index (χ1n) is 12.9. The first-order valence-corrected chi connectivity index (χ1v) is 14.8. The van der Waals surface area contributed by atoms with Gasteiger partial charge in [0.15, 0.2) is 0 Å². The Labute approximate surface area is 214 Å². The normalized spacial score (nSPS) is 24.6. The topological polar surface area (TPSA) is 71.5 Å². The Kier molecular flexibility index (Phi) is 7.70. The summed E-state index contributed by atoms with van der Waals surface area (Å²) in [6, 6.07) is 22.8. The van der Waals surface area contributed by atoms with Gasteiger partial charge in [-0.1, -0.05) is 60.7 Å². The van der Waals surface area contributed by atoms with E-state index in [1.54, 1.807) is 0 Å². The number of ether oxygens (including phenoxy) is 1. The zero-order valence-corrected chi connectivity index (χ0v) is 21.6. The molecule has 2 fully saturated rings. The van der Waals surface area contributed by atoms with E-state index >= 15 is 0 Å². The van der Waals surface area contributed by atoms with E-state index in [0.29, 0.717) is 12.5 Å². The molecule has 2 aliphatic rings. The number of anilines is 1. The molecule has 1 N–H and O–H groups in total. The van der Waals surface area contributed by atoms with Crippen LogP contribution in [0.15, 0.2) is 79.1 Å². The van der Waals surface area contributed by atoms with E-state index in [0.717, 1.165) is 55.5 Å². The van der Waals surface area contributed by atoms with Crippen molar-refractivity contribution in [3.8, 4) is 11.1 Å². The van der Waals surface area contributed by atoms with Gasteiger partial charge in [0.25, 0.3) is 0 Å². The van der Waals surface area contributed by atoms with Crippen molar-refractivity contribution in [1.82, 2.24) is 9.71 Å². The summed E-state index contributed by atoms with van der Waals surface area (Å²) in [5.74, 6) is 0.598. The maximum atomic E-state index is 12.1. The average molecular weight is 506 g/mol. The van der Waals surface area contributed by atoms with Gasteiger partial charge in [0.2, 0.25) is 10.0 Å². The van der Waals surface area contributed by atoms with Gasteiger partial charge in [0.05, 0.1) is 36.9 Å². The van der Waals surface area contributed by atoms with E-state index in [1.165, 1.54) is 11.8 Å². The number of sulfonamides is 1. The van der Waals surface area contributed by atoms with E-state index < -0.39 is 10.0 Å². The van der Waals surface area contributed by atoms with Gasteiger partial charge in [-0.25, -0.2) is 13.1 Å². The van der Waals surface area contributed by atoms with Gasteiger partial charge in [0, 0.05) is 24.3 Å². The van der Waals surface area contributed by atoms with Gasteiger partial charge in [-0.3, -0.25) is 4.98 Å². The number of aromatic nitrogens is 1. The largest absolute Gasteiger partial charge is 0.376 e. The van der Waals surface area contributed by atoms with E-state index in [-0.39, 0.29) is 18.2 Å². The fourth-order valence-corrected chi connectivity index (χ4v) is 6.51. The van der Waals surface area contributed by atoms with Crippen LogP contribution in [0.3, 0.4) is 0 Å². The summed E-state index contributed by atoms with van der Waals surface area (Å²) in [5, 5.41) is 0. The van der Waals surface area contributed by atoms with Crippen LogP contribution in [0.1, 0.15) is 43.6 Å². The van der Waals surface area contributed by atoms with Crippen LogP contribution >= 0.6 is 0 Å². The Balaban J connectivity index is 1.28. The molecule has 0 amide bonds. The predicted octanol–water partition coefficient (Wildman–Crippen LogP) is 4.99. The Bertz CT molecular complexity index is 1230. The second-order valence-corrected chi connectivity index (χ2v) is 11.8. The summed E-state index contributed by atoms with van der Waals surface area (Å²) in [6.45, 7) is 1.24. The number of rotatable bonds is 8. The maximum absolute atomic E-state index is 12.1. The molecular weight excluding hydrogens is 470 g/mol. The van der Waals surface area contributed by atoms with Crippen LogP contribution in [-0.4, -0.2) is 51.0 Å². The van der Waals surface area contributed by atoms with Crippen LogP contribution in [-0.2, 0) is 14.8 Å². The molecule has 7 heteroatoms. The predicted molar refractivity (Wildman–Crippen MR) is 145 cm³/mol. The molecule has 0 spiro atoms. The van der Waals surface area contributed by atoms with Crippen LogP contribution in [0, 0.1) is 0 Å². The lowest BCUT2D eigenvalue weighted by Crippen LogP contribution is -2.48. The van der Waals surface area contributed by atoms with Gasteiger partial charge < -0.3 is 9.64 Å². The van der Waals surface area contributed by atoms with Crippen LogP contribution < -0.4 is 9.62 Å². The Morgan fingerprint density at radius 1 is 0.917 bits per heavy atom. The highest BCUT2D eigenvalue weighted by Gasteiger charge is 2.37. The number of hydrogen-bond donors (Lipinski definition) is 1. The monoisotopic (exact) mass is 505 g/mol. The Morgan fingerprint density at radius 3 is 2.31 bits per heavy atom. The SMILES string of the molecule is CS(=O)(=O)N[C@H]1CCN(c2cncc(-c3ccccc3)c2)[C@H]1COC1CCC(c2ccccc2)CC1. The van der Waals surface area contributed by atoms with Crippen molar-refractivity contribution in [3.05, 3.63) is 84.7 Å². The number of nitrogens with zero attached hydrogens (tertiary/aromatic N) is 2. The van der Waals surface area contributed by atoms with Crippen LogP contribution in [0.25, 0.3) is 11.1 Å². The molecule has 0 radical (unpaired) electrons. The third kappa shape index (κ3) is 6.14. The van der Waals surface area contributed by atoms with Gasteiger partial charge >= 0.3 is 0 Å². The van der Waals surface area contributed by atoms with Crippen molar-refractivity contribution in [2.45, 2.75) is 56.2 Å². The van der Waals surface area contributed by atoms with Crippen LogP contribution in [0.2, 0.25) is 0 Å². The summed E-state index contributed by atoms with van der Waals surface area (Å²) >= 11 is 0. The van der Waals surface area contributed by atoms with Gasteiger partial charge in [-0.15, -0.1) is 0 Å². The van der Waals surface area contributed by atoms with Crippen LogP contribution in [0.4, 0.5) is 5.69 Å². The summed E-state index contributed by atoms with van der Waals surface area (Å²) in [5.41, 5.74) is 4.57. The summed E-state index contributed by atoms with van der Waals surface area (Å²) in [4.78, 5) is 6.77. The van der Waals surface area contributed by atoms with Crippen molar-refractivity contribution >= 4 is 15.7 Å². The highest BCUT2D eigenvalue weighted by Crippen LogP contribution is 2.35. The Hall–Kier alpha value is -2.74. The quantitative estimate of drug-likeness (QED) is 0.467. The standard InChI is InChI=1S/C29H35N3O3S/c1-36(33,34)31-28-16-17-32(26-18-25(19-30-20-26)23-10-6-3-7-11-23)29(28)21-35-27-14-12-24(13-15-27)22-8-4-2-5-9-22/h2-11,18-20,24,27-29,31H,12-17,21H2,1H3/t24?,27?,28-,29-/m0/s1. The number of hydrogen-bond acceptors (Lipinski definition) is 5. The average Bonchev–Trinajstić information content (AvgIpc) is 3.29. The second kappa shape index (κ2) is 11.1. The zero-order chi connectivity index (χ0) is 25.0. The molecule has 1 saturated heterocycles. The lowest BCUT2D eigenvalue weighted by atomic mass is 9.83. The minimum Gasteiger partial charge on any atom is -0.376 e. The molecule has 1 saturated carbocycles. The molecule has 2 heterocycles. The molecule has 3 aromatic rings. The van der Waals surface area contributed by atoms with E-state index in [2.05, 4.69) is 63.1 Å². The highest BCUT2D eigenvalue weighted by molar-refractivity contribution is 7.88. The summed E-state index contributed by atoms with van der Waals surface area (Å²) in [6.07, 6.45) is 10.2. The number of nitrogens with one attached hydrogen (secondary N) is 1. The zero-order valence-electron chi connectivity index (χ0n) is 20.8. The molecular formula is C29H35N3O3S. The lowest BCUT2D eigenvalue weighted by molar-refractivity contribution is 0.0157. The molecule has 36 heavy (non-hydrogen) atoms. The van der Waals surface area contributed by atoms with Crippen molar-refractivity contribution in [1.29, 1.82) is 0 Å². The fraction of sp³-hybridized carbons (Fsp3) is 0.414. The maximum Gasteiger partial charge on any atom is 0.209 e. The molecule has 0 unspecified atom stereocenters. The first-order chi connectivity index (χ1) is 17.5. The van der Waals surface area contributed by atoms with Crippen molar-refractivity contribution < 1.29 is 13.2 Å². The minimum absolute atomic E-state index is 0.0839. The molecule has 1 aromatic heterocycles. The smallest absolute Gasteiger partial charge is 0.209 e. The fourth-order valence-electron chi connectivity index (χ4n) is 5.69. The van der Waals surface area contributed by atoms with E-state index in [1.807, 2.05) is 30.6 Å². The van der Waals surface area contributed by atoms with Gasteiger partial charge in [0.1, 0.15) is 0 Å². The first kappa shape index (κ1) is 24.9. The van der Waals surface area contributed by atoms with Crippen molar-refractivity contribution in [2.24, 2.45) is 0 Å². The number of pyridine rings is 1. The van der Waals surface area contributed by atoms with Crippen LogP contribution in [0.5, 0.6) is 0 Å². The lowest BCUT2D eigenvalue weighted by Gasteiger charge is -2.33. The number of benzene rings is 2. The molecule has 2 aromatic carbocycles. The van der Waals surface area contributed by atoms with Gasteiger partial charge in [-0.2, -0.15) is 0 Å². The van der Waals surface area contributed by atoms with E-state index in [4.69, 9.17) is 4.74 Å². The second-order valence-electron chi connectivity index (χ2n) is 10.1.